The highest BCUT2D eigenvalue weighted by Gasteiger charge is 2.53. The van der Waals surface area contributed by atoms with Crippen LogP contribution in [0.2, 0.25) is 10.0 Å². The molecule has 0 N–H and O–H groups in total. The average Bonchev–Trinajstić information content (AvgIpc) is 2.79. The van der Waals surface area contributed by atoms with E-state index in [4.69, 9.17) is 32.9 Å². The van der Waals surface area contributed by atoms with Crippen LogP contribution in [0.25, 0.3) is 22.0 Å². The van der Waals surface area contributed by atoms with Gasteiger partial charge in [-0.3, -0.25) is 4.79 Å². The Bertz CT molecular complexity index is 1260. The number of likely N-dealkylation sites (tertiary alicyclic amines) is 1. The highest BCUT2D eigenvalue weighted by atomic mass is 35.5. The maximum absolute atomic E-state index is 11.7. The Labute approximate surface area is 209 Å². The lowest BCUT2D eigenvalue weighted by molar-refractivity contribution is -0.149. The molecule has 5 nitrogen and oxygen atoms in total. The molecular formula is C27H27Cl2N3O2. The minimum atomic E-state index is 0.0359. The monoisotopic (exact) mass is 495 g/mol. The molecule has 0 unspecified atom stereocenters. The Morgan fingerprint density at radius 3 is 2.71 bits per heavy atom. The topological polar surface area (TPSA) is 55.3 Å². The van der Waals surface area contributed by atoms with Crippen LogP contribution in [0.15, 0.2) is 43.1 Å². The van der Waals surface area contributed by atoms with Crippen LogP contribution in [0.4, 0.5) is 0 Å². The average molecular weight is 496 g/mol. The van der Waals surface area contributed by atoms with Crippen molar-refractivity contribution in [1.29, 1.82) is 0 Å². The number of fused-ring (bicyclic) bond motifs is 1. The largest absolute Gasteiger partial charge is 0.495 e. The van der Waals surface area contributed by atoms with Crippen LogP contribution < -0.4 is 4.74 Å². The van der Waals surface area contributed by atoms with Gasteiger partial charge in [0.15, 0.2) is 0 Å². The van der Waals surface area contributed by atoms with Crippen molar-refractivity contribution in [3.05, 3.63) is 64.6 Å². The first kappa shape index (κ1) is 23.1. The van der Waals surface area contributed by atoms with E-state index in [2.05, 4.69) is 18.5 Å². The van der Waals surface area contributed by atoms with Crippen molar-refractivity contribution in [2.45, 2.75) is 32.6 Å². The smallest absolute Gasteiger partial charge is 0.245 e. The van der Waals surface area contributed by atoms with Crippen LogP contribution in [-0.4, -0.2) is 41.0 Å². The lowest BCUT2D eigenvalue weighted by atomic mass is 9.57. The first-order valence-electron chi connectivity index (χ1n) is 11.6. The number of halogens is 2. The molecule has 2 aromatic carbocycles. The van der Waals surface area contributed by atoms with Gasteiger partial charge in [-0.2, -0.15) is 0 Å². The predicted octanol–water partition coefficient (Wildman–Crippen LogP) is 6.14. The van der Waals surface area contributed by atoms with Crippen LogP contribution in [-0.2, 0) is 17.6 Å². The van der Waals surface area contributed by atoms with E-state index < -0.39 is 0 Å². The Kier molecular flexibility index (Phi) is 6.03. The van der Waals surface area contributed by atoms with Gasteiger partial charge in [-0.25, -0.2) is 9.97 Å². The summed E-state index contributed by atoms with van der Waals surface area (Å²) in [5.41, 5.74) is 3.89. The third-order valence-corrected chi connectivity index (χ3v) is 8.02. The highest BCUT2D eigenvalue weighted by Crippen LogP contribution is 2.52. The van der Waals surface area contributed by atoms with E-state index in [1.807, 2.05) is 35.4 Å². The second-order valence-corrected chi connectivity index (χ2v) is 10.3. The molecule has 1 amide bonds. The van der Waals surface area contributed by atoms with Crippen molar-refractivity contribution in [1.82, 2.24) is 14.9 Å². The molecule has 3 aromatic rings. The predicted molar refractivity (Wildman–Crippen MR) is 137 cm³/mol. The lowest BCUT2D eigenvalue weighted by Crippen LogP contribution is -2.63. The summed E-state index contributed by atoms with van der Waals surface area (Å²) in [6, 6.07) is 7.93. The van der Waals surface area contributed by atoms with Crippen LogP contribution in [0, 0.1) is 11.3 Å². The van der Waals surface area contributed by atoms with Crippen molar-refractivity contribution >= 4 is 40.0 Å². The summed E-state index contributed by atoms with van der Waals surface area (Å²) in [6.07, 6.45) is 7.18. The Balaban J connectivity index is 1.33. The van der Waals surface area contributed by atoms with Gasteiger partial charge in [-0.15, -0.1) is 0 Å². The van der Waals surface area contributed by atoms with Crippen LogP contribution >= 0.6 is 23.2 Å². The Morgan fingerprint density at radius 1 is 1.26 bits per heavy atom. The normalized spacial score (nSPS) is 16.9. The zero-order valence-electron chi connectivity index (χ0n) is 19.4. The number of benzene rings is 2. The molecule has 1 aromatic heterocycles. The maximum Gasteiger partial charge on any atom is 0.245 e. The number of carbonyl (C=O) groups excluding carboxylic acids is 1. The second kappa shape index (κ2) is 8.86. The molecule has 2 heterocycles. The minimum Gasteiger partial charge on any atom is -0.495 e. The summed E-state index contributed by atoms with van der Waals surface area (Å²) < 4.78 is 5.47. The molecule has 2 aliphatic rings. The van der Waals surface area contributed by atoms with E-state index >= 15 is 0 Å². The van der Waals surface area contributed by atoms with Gasteiger partial charge in [-0.05, 0) is 60.6 Å². The molecule has 34 heavy (non-hydrogen) atoms. The minimum absolute atomic E-state index is 0.0359. The van der Waals surface area contributed by atoms with Crippen LogP contribution in [0.3, 0.4) is 0 Å². The molecule has 176 valence electrons. The fourth-order valence-electron chi connectivity index (χ4n) is 5.52. The van der Waals surface area contributed by atoms with Gasteiger partial charge < -0.3 is 9.64 Å². The van der Waals surface area contributed by atoms with E-state index in [-0.39, 0.29) is 5.91 Å². The first-order valence-corrected chi connectivity index (χ1v) is 12.3. The number of methoxy groups -OCH3 is 1. The van der Waals surface area contributed by atoms with Crippen LogP contribution in [0.1, 0.15) is 31.2 Å². The SMILES string of the molecule is C=CC(=O)N1CC2(CC(Cc3ncc4cc(-c5c(Cl)c(CC)cc(OC)c5Cl)ccc4n3)C2)C1. The lowest BCUT2D eigenvalue weighted by Gasteiger charge is -2.59. The number of hydrogen-bond donors (Lipinski definition) is 0. The summed E-state index contributed by atoms with van der Waals surface area (Å²) in [6.45, 7) is 7.33. The summed E-state index contributed by atoms with van der Waals surface area (Å²) >= 11 is 13.4. The van der Waals surface area contributed by atoms with E-state index in [1.165, 1.54) is 6.08 Å². The van der Waals surface area contributed by atoms with E-state index in [9.17, 15) is 4.79 Å². The van der Waals surface area contributed by atoms with Crippen molar-refractivity contribution in [3.8, 4) is 16.9 Å². The molecule has 1 saturated heterocycles. The molecule has 1 aliphatic carbocycles. The Morgan fingerprint density at radius 2 is 2.03 bits per heavy atom. The summed E-state index contributed by atoms with van der Waals surface area (Å²) in [5, 5.41) is 2.09. The Hall–Kier alpha value is -2.63. The quantitative estimate of drug-likeness (QED) is 0.385. The molecule has 7 heteroatoms. The van der Waals surface area contributed by atoms with Gasteiger partial charge in [-0.1, -0.05) is 42.8 Å². The third kappa shape index (κ3) is 3.95. The number of amides is 1. The van der Waals surface area contributed by atoms with Crippen molar-refractivity contribution in [3.63, 3.8) is 0 Å². The van der Waals surface area contributed by atoms with Crippen molar-refractivity contribution < 1.29 is 9.53 Å². The highest BCUT2D eigenvalue weighted by molar-refractivity contribution is 6.40. The standard InChI is InChI=1S/C27H27Cl2N3O2/c1-4-17-10-21(34-3)26(29)24(25(17)28)18-6-7-20-19(9-18)13-30-22(31-20)8-16-11-27(12-16)14-32(15-27)23(33)5-2/h5-7,9-10,13,16H,2,4,8,11-12,14-15H2,1,3H3. The van der Waals surface area contributed by atoms with Crippen molar-refractivity contribution in [2.24, 2.45) is 11.3 Å². The third-order valence-electron chi connectivity index (χ3n) is 7.22. The van der Waals surface area contributed by atoms with Crippen LogP contribution in [0.5, 0.6) is 5.75 Å². The number of nitrogens with zero attached hydrogens (tertiary/aromatic N) is 3. The molecule has 5 rings (SSSR count). The first-order chi connectivity index (χ1) is 16.4. The number of aryl methyl sites for hydroxylation is 1. The number of aromatic nitrogens is 2. The van der Waals surface area contributed by atoms with E-state index in [1.54, 1.807) is 7.11 Å². The van der Waals surface area contributed by atoms with E-state index in [0.717, 1.165) is 72.2 Å². The fourth-order valence-corrected chi connectivity index (χ4v) is 6.30. The summed E-state index contributed by atoms with van der Waals surface area (Å²) in [7, 11) is 1.61. The van der Waals surface area contributed by atoms with Crippen molar-refractivity contribution in [2.75, 3.05) is 20.2 Å². The number of ether oxygens (including phenoxy) is 1. The molecule has 1 aliphatic heterocycles. The summed E-state index contributed by atoms with van der Waals surface area (Å²) in [5.74, 6) is 2.09. The van der Waals surface area contributed by atoms with Gasteiger partial charge in [0, 0.05) is 42.1 Å². The van der Waals surface area contributed by atoms with Gasteiger partial charge in [0.25, 0.3) is 0 Å². The molecule has 2 fully saturated rings. The second-order valence-electron chi connectivity index (χ2n) is 9.53. The van der Waals surface area contributed by atoms with Gasteiger partial charge in [0.2, 0.25) is 5.91 Å². The number of rotatable bonds is 6. The zero-order chi connectivity index (χ0) is 24.0. The maximum atomic E-state index is 11.7. The summed E-state index contributed by atoms with van der Waals surface area (Å²) in [4.78, 5) is 23.0. The molecule has 0 radical (unpaired) electrons. The van der Waals surface area contributed by atoms with E-state index in [0.29, 0.717) is 27.1 Å². The molecular weight excluding hydrogens is 469 g/mol. The number of hydrogen-bond acceptors (Lipinski definition) is 4. The molecule has 1 saturated carbocycles. The molecule has 0 atom stereocenters. The molecule has 0 bridgehead atoms. The molecule has 1 spiro atoms. The van der Waals surface area contributed by atoms with Gasteiger partial charge in [0.1, 0.15) is 11.6 Å². The fraction of sp³-hybridized carbons (Fsp3) is 0.370. The van der Waals surface area contributed by atoms with Gasteiger partial charge in [0.05, 0.1) is 22.7 Å². The van der Waals surface area contributed by atoms with Gasteiger partial charge >= 0.3 is 0 Å². The number of carbonyl (C=O) groups is 1. The zero-order valence-corrected chi connectivity index (χ0v) is 20.9.